The molecule has 124 valence electrons. The minimum Gasteiger partial charge on any atom is -0.478 e. The van der Waals surface area contributed by atoms with E-state index in [1.807, 2.05) is 0 Å². The molecule has 0 aromatic heterocycles. The van der Waals surface area contributed by atoms with Crippen LogP contribution in [0.1, 0.15) is 19.8 Å². The Labute approximate surface area is 132 Å². The van der Waals surface area contributed by atoms with Crippen molar-refractivity contribution < 1.29 is 23.5 Å². The highest BCUT2D eigenvalue weighted by atomic mass is 19.1. The second-order valence-electron chi connectivity index (χ2n) is 5.15. The fraction of sp³-hybridized carbons (Fsp3) is 0.400. The second-order valence-corrected chi connectivity index (χ2v) is 5.15. The lowest BCUT2D eigenvalue weighted by molar-refractivity contribution is -0.135. The van der Waals surface area contributed by atoms with Crippen molar-refractivity contribution in [1.29, 1.82) is 0 Å². The Morgan fingerprint density at radius 1 is 1.35 bits per heavy atom. The summed E-state index contributed by atoms with van der Waals surface area (Å²) in [7, 11) is 0. The third-order valence-corrected chi connectivity index (χ3v) is 3.34. The van der Waals surface area contributed by atoms with Crippen molar-refractivity contribution in [2.45, 2.75) is 25.9 Å². The molecule has 1 aromatic carbocycles. The molecule has 0 aliphatic carbocycles. The number of para-hydroxylation sites is 1. The highest BCUT2D eigenvalue weighted by molar-refractivity contribution is 5.88. The molecule has 1 fully saturated rings. The van der Waals surface area contributed by atoms with Gasteiger partial charge in [0.2, 0.25) is 5.91 Å². The van der Waals surface area contributed by atoms with Crippen LogP contribution in [0.3, 0.4) is 0 Å². The number of carbonyl (C=O) groups excluding carboxylic acids is 3. The highest BCUT2D eigenvalue weighted by Crippen LogP contribution is 2.16. The topological polar surface area (TPSA) is 87.7 Å². The quantitative estimate of drug-likeness (QED) is 0.766. The number of nitrogens with zero attached hydrogens (tertiary/aromatic N) is 1. The van der Waals surface area contributed by atoms with Gasteiger partial charge in [-0.2, -0.15) is 0 Å². The molecule has 7 nitrogen and oxygen atoms in total. The summed E-state index contributed by atoms with van der Waals surface area (Å²) in [6.45, 7) is 1.85. The SMILES string of the molecule is C[C@@H](Oc1ccccc1F)C(=O)NNC(=O)CN1CCCC1=O. The highest BCUT2D eigenvalue weighted by Gasteiger charge is 2.23. The number of amides is 3. The van der Waals surface area contributed by atoms with Gasteiger partial charge in [0, 0.05) is 13.0 Å². The van der Waals surface area contributed by atoms with Gasteiger partial charge in [-0.3, -0.25) is 25.2 Å². The molecule has 2 N–H and O–H groups in total. The van der Waals surface area contributed by atoms with Crippen LogP contribution in [0.15, 0.2) is 24.3 Å². The largest absolute Gasteiger partial charge is 0.478 e. The maximum atomic E-state index is 13.4. The van der Waals surface area contributed by atoms with E-state index >= 15 is 0 Å². The number of likely N-dealkylation sites (tertiary alicyclic amines) is 1. The van der Waals surface area contributed by atoms with Crippen molar-refractivity contribution in [3.05, 3.63) is 30.1 Å². The van der Waals surface area contributed by atoms with E-state index in [2.05, 4.69) is 10.9 Å². The predicted molar refractivity (Wildman–Crippen MR) is 78.6 cm³/mol. The molecule has 1 aliphatic rings. The van der Waals surface area contributed by atoms with Crippen molar-refractivity contribution in [3.8, 4) is 5.75 Å². The van der Waals surface area contributed by atoms with E-state index in [0.29, 0.717) is 13.0 Å². The minimum absolute atomic E-state index is 0.0517. The first-order chi connectivity index (χ1) is 11.0. The zero-order valence-electron chi connectivity index (χ0n) is 12.7. The first-order valence-corrected chi connectivity index (χ1v) is 7.25. The lowest BCUT2D eigenvalue weighted by Crippen LogP contribution is -2.50. The molecule has 8 heteroatoms. The first kappa shape index (κ1) is 16.7. The lowest BCUT2D eigenvalue weighted by Gasteiger charge is -2.17. The van der Waals surface area contributed by atoms with Gasteiger partial charge < -0.3 is 9.64 Å². The molecule has 1 saturated heterocycles. The molecule has 0 bridgehead atoms. The smallest absolute Gasteiger partial charge is 0.279 e. The Hall–Kier alpha value is -2.64. The Morgan fingerprint density at radius 2 is 2.09 bits per heavy atom. The summed E-state index contributed by atoms with van der Waals surface area (Å²) in [4.78, 5) is 36.3. The fourth-order valence-corrected chi connectivity index (χ4v) is 2.10. The summed E-state index contributed by atoms with van der Waals surface area (Å²) >= 11 is 0. The summed E-state index contributed by atoms with van der Waals surface area (Å²) in [5.74, 6) is -1.85. The number of carbonyl (C=O) groups is 3. The van der Waals surface area contributed by atoms with Gasteiger partial charge in [0.05, 0.1) is 0 Å². The zero-order chi connectivity index (χ0) is 16.8. The number of hydrazine groups is 1. The Bertz CT molecular complexity index is 608. The predicted octanol–water partition coefficient (Wildman–Crippen LogP) is 0.363. The average molecular weight is 323 g/mol. The maximum absolute atomic E-state index is 13.4. The lowest BCUT2D eigenvalue weighted by atomic mass is 10.3. The number of nitrogens with one attached hydrogen (secondary N) is 2. The number of halogens is 1. The summed E-state index contributed by atoms with van der Waals surface area (Å²) in [5, 5.41) is 0. The first-order valence-electron chi connectivity index (χ1n) is 7.25. The van der Waals surface area contributed by atoms with Crippen LogP contribution in [0.5, 0.6) is 5.75 Å². The van der Waals surface area contributed by atoms with Gasteiger partial charge in [0.15, 0.2) is 17.7 Å². The molecule has 2 rings (SSSR count). The Kier molecular flexibility index (Phi) is 5.51. The normalized spacial score (nSPS) is 15.2. The van der Waals surface area contributed by atoms with Crippen molar-refractivity contribution in [1.82, 2.24) is 15.8 Å². The third kappa shape index (κ3) is 4.67. The van der Waals surface area contributed by atoms with Gasteiger partial charge in [0.25, 0.3) is 11.8 Å². The number of rotatable bonds is 5. The van der Waals surface area contributed by atoms with E-state index in [1.165, 1.54) is 30.0 Å². The van der Waals surface area contributed by atoms with E-state index < -0.39 is 23.7 Å². The number of benzene rings is 1. The van der Waals surface area contributed by atoms with E-state index in [0.717, 1.165) is 6.42 Å². The van der Waals surface area contributed by atoms with Crippen molar-refractivity contribution in [3.63, 3.8) is 0 Å². The fourth-order valence-electron chi connectivity index (χ4n) is 2.10. The number of hydrogen-bond donors (Lipinski definition) is 2. The molecule has 1 atom stereocenters. The van der Waals surface area contributed by atoms with E-state index in [1.54, 1.807) is 6.07 Å². The standard InChI is InChI=1S/C15H18FN3O4/c1-10(23-12-6-3-2-5-11(12)16)15(22)18-17-13(20)9-19-8-4-7-14(19)21/h2-3,5-6,10H,4,7-9H2,1H3,(H,17,20)(H,18,22)/t10-/m1/s1. The van der Waals surface area contributed by atoms with E-state index in [4.69, 9.17) is 4.74 Å². The molecule has 0 spiro atoms. The molecule has 0 radical (unpaired) electrons. The summed E-state index contributed by atoms with van der Waals surface area (Å²) in [6.07, 6.45) is 0.166. The van der Waals surface area contributed by atoms with Crippen LogP contribution < -0.4 is 15.6 Å². The summed E-state index contributed by atoms with van der Waals surface area (Å²) in [5.41, 5.74) is 4.39. The van der Waals surface area contributed by atoms with Crippen LogP contribution in [0.4, 0.5) is 4.39 Å². The molecule has 0 saturated carbocycles. The molecule has 1 aromatic rings. The van der Waals surface area contributed by atoms with Crippen molar-refractivity contribution in [2.24, 2.45) is 0 Å². The van der Waals surface area contributed by atoms with Crippen LogP contribution in [0.2, 0.25) is 0 Å². The maximum Gasteiger partial charge on any atom is 0.279 e. The van der Waals surface area contributed by atoms with Crippen molar-refractivity contribution >= 4 is 17.7 Å². The molecule has 1 aliphatic heterocycles. The van der Waals surface area contributed by atoms with Crippen LogP contribution in [0, 0.1) is 5.82 Å². The minimum atomic E-state index is -0.999. The van der Waals surface area contributed by atoms with Crippen LogP contribution >= 0.6 is 0 Å². The molecule has 1 heterocycles. The van der Waals surface area contributed by atoms with Gasteiger partial charge in [-0.25, -0.2) is 4.39 Å². The van der Waals surface area contributed by atoms with E-state index in [-0.39, 0.29) is 18.2 Å². The van der Waals surface area contributed by atoms with Gasteiger partial charge in [-0.15, -0.1) is 0 Å². The summed E-state index contributed by atoms with van der Waals surface area (Å²) in [6, 6.07) is 5.70. The van der Waals surface area contributed by atoms with Crippen molar-refractivity contribution in [2.75, 3.05) is 13.1 Å². The molecular weight excluding hydrogens is 305 g/mol. The zero-order valence-corrected chi connectivity index (χ0v) is 12.7. The second kappa shape index (κ2) is 7.57. The Balaban J connectivity index is 1.76. The van der Waals surface area contributed by atoms with Gasteiger partial charge in [-0.05, 0) is 25.5 Å². The van der Waals surface area contributed by atoms with Gasteiger partial charge >= 0.3 is 0 Å². The number of ether oxygens (including phenoxy) is 1. The van der Waals surface area contributed by atoms with Gasteiger partial charge in [-0.1, -0.05) is 12.1 Å². The van der Waals surface area contributed by atoms with Crippen LogP contribution in [0.25, 0.3) is 0 Å². The third-order valence-electron chi connectivity index (χ3n) is 3.34. The molecule has 23 heavy (non-hydrogen) atoms. The van der Waals surface area contributed by atoms with E-state index in [9.17, 15) is 18.8 Å². The van der Waals surface area contributed by atoms with Gasteiger partial charge in [0.1, 0.15) is 6.54 Å². The molecular formula is C15H18FN3O4. The Morgan fingerprint density at radius 3 is 2.74 bits per heavy atom. The van der Waals surface area contributed by atoms with Crippen LogP contribution in [-0.4, -0.2) is 41.8 Å². The monoisotopic (exact) mass is 323 g/mol. The van der Waals surface area contributed by atoms with Crippen LogP contribution in [-0.2, 0) is 14.4 Å². The molecule has 0 unspecified atom stereocenters. The summed E-state index contributed by atoms with van der Waals surface area (Å²) < 4.78 is 18.6. The number of hydrogen-bond acceptors (Lipinski definition) is 4. The molecule has 3 amide bonds. The average Bonchev–Trinajstić information content (AvgIpc) is 2.92.